The molecule has 3 aromatic rings. The summed E-state index contributed by atoms with van der Waals surface area (Å²) in [6, 6.07) is 6.47. The maximum Gasteiger partial charge on any atom is 0.357 e. The van der Waals surface area contributed by atoms with Gasteiger partial charge in [-0.15, -0.1) is 0 Å². The average Bonchev–Trinajstić information content (AvgIpc) is 2.85. The molecule has 2 heterocycles. The van der Waals surface area contributed by atoms with Crippen LogP contribution in [0.4, 0.5) is 0 Å². The summed E-state index contributed by atoms with van der Waals surface area (Å²) >= 11 is 1.09. The molecule has 0 aliphatic rings. The molecule has 1 N–H and O–H groups in total. The van der Waals surface area contributed by atoms with Gasteiger partial charge in [0.15, 0.2) is 5.69 Å². The molecule has 0 aliphatic carbocycles. The highest BCUT2D eigenvalue weighted by molar-refractivity contribution is 7.07. The second kappa shape index (κ2) is 5.81. The number of aromatic carboxylic acids is 1. The van der Waals surface area contributed by atoms with Crippen molar-refractivity contribution in [2.45, 2.75) is 20.0 Å². The van der Waals surface area contributed by atoms with Crippen LogP contribution in [0, 0.1) is 6.92 Å². The Labute approximate surface area is 134 Å². The molecule has 0 spiro atoms. The van der Waals surface area contributed by atoms with Crippen LogP contribution in [-0.2, 0) is 13.1 Å². The molecule has 0 unspecified atom stereocenters. The first-order chi connectivity index (χ1) is 11.0. The van der Waals surface area contributed by atoms with Crippen molar-refractivity contribution in [3.8, 4) is 0 Å². The first-order valence-corrected chi connectivity index (χ1v) is 7.75. The highest BCUT2D eigenvalue weighted by Crippen LogP contribution is 2.13. The zero-order chi connectivity index (χ0) is 16.6. The summed E-state index contributed by atoms with van der Waals surface area (Å²) in [5.74, 6) is -1.20. The van der Waals surface area contributed by atoms with Crippen LogP contribution in [-0.4, -0.2) is 25.4 Å². The number of carboxylic acid groups (broad SMARTS) is 1. The van der Waals surface area contributed by atoms with Gasteiger partial charge in [0.05, 0.1) is 11.9 Å². The monoisotopic (exact) mass is 331 g/mol. The lowest BCUT2D eigenvalue weighted by Gasteiger charge is -2.09. The molecule has 3 rings (SSSR count). The first kappa shape index (κ1) is 15.2. The van der Waals surface area contributed by atoms with Crippen LogP contribution in [0.2, 0.25) is 0 Å². The minimum Gasteiger partial charge on any atom is -0.476 e. The zero-order valence-electron chi connectivity index (χ0n) is 12.2. The van der Waals surface area contributed by atoms with Gasteiger partial charge in [0.25, 0.3) is 5.56 Å². The van der Waals surface area contributed by atoms with Crippen LogP contribution in [0.1, 0.15) is 16.2 Å². The predicted molar refractivity (Wildman–Crippen MR) is 86.3 cm³/mol. The second-order valence-electron chi connectivity index (χ2n) is 5.02. The van der Waals surface area contributed by atoms with Gasteiger partial charge in [-0.1, -0.05) is 29.5 Å². The molecule has 0 bridgehead atoms. The van der Waals surface area contributed by atoms with E-state index in [1.807, 2.05) is 0 Å². The fourth-order valence-corrected chi connectivity index (χ4v) is 3.18. The Morgan fingerprint density at radius 2 is 1.91 bits per heavy atom. The molecule has 2 aromatic heterocycles. The molecular weight excluding hydrogens is 318 g/mol. The molecule has 0 atom stereocenters. The number of aromatic nitrogens is 3. The van der Waals surface area contributed by atoms with Crippen LogP contribution in [0.25, 0.3) is 10.8 Å². The lowest BCUT2D eigenvalue weighted by Crippen LogP contribution is -2.29. The van der Waals surface area contributed by atoms with E-state index in [2.05, 4.69) is 5.10 Å². The number of carboxylic acids is 1. The van der Waals surface area contributed by atoms with E-state index >= 15 is 0 Å². The Morgan fingerprint density at radius 3 is 2.52 bits per heavy atom. The Kier molecular flexibility index (Phi) is 3.83. The normalized spacial score (nSPS) is 11.0. The molecule has 0 fully saturated rings. The zero-order valence-corrected chi connectivity index (χ0v) is 13.0. The van der Waals surface area contributed by atoms with E-state index in [9.17, 15) is 19.5 Å². The highest BCUT2D eigenvalue weighted by Gasteiger charge is 2.15. The van der Waals surface area contributed by atoms with E-state index in [1.165, 1.54) is 4.57 Å². The minimum absolute atomic E-state index is 0.116. The van der Waals surface area contributed by atoms with Gasteiger partial charge in [0.2, 0.25) is 0 Å². The first-order valence-electron chi connectivity index (χ1n) is 6.87. The van der Waals surface area contributed by atoms with Crippen molar-refractivity contribution < 1.29 is 9.90 Å². The van der Waals surface area contributed by atoms with Gasteiger partial charge in [-0.2, -0.15) is 5.10 Å². The molecule has 7 nitrogen and oxygen atoms in total. The van der Waals surface area contributed by atoms with Crippen molar-refractivity contribution in [1.82, 2.24) is 14.3 Å². The summed E-state index contributed by atoms with van der Waals surface area (Å²) < 4.78 is 2.64. The van der Waals surface area contributed by atoms with Gasteiger partial charge in [-0.05, 0) is 13.0 Å². The third kappa shape index (κ3) is 2.68. The number of aryl methyl sites for hydroxylation is 2. The van der Waals surface area contributed by atoms with Crippen molar-refractivity contribution in [2.24, 2.45) is 0 Å². The van der Waals surface area contributed by atoms with Gasteiger partial charge in [-0.3, -0.25) is 9.59 Å². The Bertz CT molecular complexity index is 1020. The van der Waals surface area contributed by atoms with E-state index in [0.29, 0.717) is 10.8 Å². The minimum atomic E-state index is -1.20. The van der Waals surface area contributed by atoms with Crippen LogP contribution in [0.5, 0.6) is 0 Å². The van der Waals surface area contributed by atoms with Crippen molar-refractivity contribution in [3.05, 3.63) is 61.1 Å². The number of carbonyl (C=O) groups is 1. The number of hydrogen-bond acceptors (Lipinski definition) is 5. The molecule has 23 heavy (non-hydrogen) atoms. The Balaban J connectivity index is 2.08. The lowest BCUT2D eigenvalue weighted by molar-refractivity contribution is 0.0690. The van der Waals surface area contributed by atoms with E-state index in [4.69, 9.17) is 0 Å². The van der Waals surface area contributed by atoms with Crippen LogP contribution in [0.15, 0.2) is 39.2 Å². The fourth-order valence-electron chi connectivity index (χ4n) is 2.41. The van der Waals surface area contributed by atoms with Crippen molar-refractivity contribution in [2.75, 3.05) is 0 Å². The van der Waals surface area contributed by atoms with Gasteiger partial charge < -0.3 is 9.67 Å². The molecule has 0 radical (unpaired) electrons. The Morgan fingerprint density at radius 1 is 1.22 bits per heavy atom. The molecule has 8 heteroatoms. The predicted octanol–water partition coefficient (Wildman–Crippen LogP) is 1.33. The summed E-state index contributed by atoms with van der Waals surface area (Å²) in [4.78, 5) is 35.4. The molecule has 0 amide bonds. The van der Waals surface area contributed by atoms with E-state index in [-0.39, 0.29) is 29.2 Å². The van der Waals surface area contributed by atoms with Gasteiger partial charge in [0, 0.05) is 23.0 Å². The number of nitrogens with zero attached hydrogens (tertiary/aromatic N) is 3. The SMILES string of the molecule is Cc1csc(=O)n1CCn1nc(C(=O)O)c2ccccc2c1=O. The molecule has 0 saturated carbocycles. The molecule has 1 aromatic carbocycles. The lowest BCUT2D eigenvalue weighted by atomic mass is 10.1. The highest BCUT2D eigenvalue weighted by atomic mass is 32.1. The van der Waals surface area contributed by atoms with Gasteiger partial charge >= 0.3 is 10.8 Å². The summed E-state index contributed by atoms with van der Waals surface area (Å²) in [7, 11) is 0. The van der Waals surface area contributed by atoms with Crippen LogP contribution >= 0.6 is 11.3 Å². The third-order valence-electron chi connectivity index (χ3n) is 3.58. The molecule has 0 aliphatic heterocycles. The van der Waals surface area contributed by atoms with Crippen molar-refractivity contribution in [3.63, 3.8) is 0 Å². The van der Waals surface area contributed by atoms with Crippen molar-refractivity contribution in [1.29, 1.82) is 0 Å². The summed E-state index contributed by atoms with van der Waals surface area (Å²) in [6.07, 6.45) is 0. The summed E-state index contributed by atoms with van der Waals surface area (Å²) in [5.41, 5.74) is 0.258. The van der Waals surface area contributed by atoms with Gasteiger partial charge in [-0.25, -0.2) is 9.48 Å². The average molecular weight is 331 g/mol. The Hall–Kier alpha value is -2.74. The molecule has 118 valence electrons. The van der Waals surface area contributed by atoms with E-state index < -0.39 is 5.97 Å². The number of benzene rings is 1. The maximum atomic E-state index is 12.5. The van der Waals surface area contributed by atoms with E-state index in [1.54, 1.807) is 36.6 Å². The molecular formula is C15H13N3O4S. The fraction of sp³-hybridized carbons (Fsp3) is 0.200. The largest absolute Gasteiger partial charge is 0.476 e. The maximum absolute atomic E-state index is 12.5. The summed E-state index contributed by atoms with van der Waals surface area (Å²) in [6.45, 7) is 2.19. The number of rotatable bonds is 4. The smallest absolute Gasteiger partial charge is 0.357 e. The summed E-state index contributed by atoms with van der Waals surface area (Å²) in [5, 5.41) is 15.6. The quantitative estimate of drug-likeness (QED) is 0.778. The second-order valence-corrected chi connectivity index (χ2v) is 5.84. The van der Waals surface area contributed by atoms with Crippen LogP contribution < -0.4 is 10.4 Å². The number of hydrogen-bond donors (Lipinski definition) is 1. The van der Waals surface area contributed by atoms with Crippen molar-refractivity contribution >= 4 is 28.1 Å². The standard InChI is InChI=1S/C15H13N3O4S/c1-9-8-23-15(22)17(9)6-7-18-13(19)11-5-3-2-4-10(11)12(16-18)14(20)21/h2-5,8H,6-7H2,1H3,(H,20,21). The van der Waals surface area contributed by atoms with Gasteiger partial charge in [0.1, 0.15) is 0 Å². The van der Waals surface area contributed by atoms with Crippen LogP contribution in [0.3, 0.4) is 0 Å². The number of fused-ring (bicyclic) bond motifs is 1. The number of thiazole rings is 1. The third-order valence-corrected chi connectivity index (χ3v) is 4.46. The van der Waals surface area contributed by atoms with E-state index in [0.717, 1.165) is 21.7 Å². The molecule has 0 saturated heterocycles. The topological polar surface area (TPSA) is 94.2 Å².